The third-order valence-electron chi connectivity index (χ3n) is 2.07. The number of hydrogen-bond donors (Lipinski definition) is 4. The average Bonchev–Trinajstić information content (AvgIpc) is 2.22. The fourth-order valence-electron chi connectivity index (χ4n) is 1.08. The second kappa shape index (κ2) is 7.13. The second-order valence-corrected chi connectivity index (χ2v) is 3.63. The standard InChI is InChI=1S/C9H18FN3O3/c1-5(11)9(16)13-6(7(14)4-10)2-3-8(12)15/h5-7,14H,2-4,11H2,1H3,(H2,12,15)(H,13,16)/t5-,6?,7?/m0/s1. The third kappa shape index (κ3) is 5.62. The normalized spacial score (nSPS) is 16.2. The van der Waals surface area contributed by atoms with Crippen molar-refractivity contribution in [3.05, 3.63) is 0 Å². The molecule has 7 heteroatoms. The Bertz CT molecular complexity index is 248. The van der Waals surface area contributed by atoms with Gasteiger partial charge in [0.05, 0.1) is 12.1 Å². The van der Waals surface area contributed by atoms with Crippen LogP contribution in [0, 0.1) is 0 Å². The van der Waals surface area contributed by atoms with Crippen LogP contribution in [-0.4, -0.2) is 41.8 Å². The van der Waals surface area contributed by atoms with Crippen LogP contribution in [0.3, 0.4) is 0 Å². The van der Waals surface area contributed by atoms with Gasteiger partial charge in [-0.1, -0.05) is 0 Å². The molecular formula is C9H18FN3O3. The summed E-state index contributed by atoms with van der Waals surface area (Å²) in [6, 6.07) is -1.61. The number of alkyl halides is 1. The Balaban J connectivity index is 4.31. The summed E-state index contributed by atoms with van der Waals surface area (Å²) in [4.78, 5) is 21.8. The van der Waals surface area contributed by atoms with Crippen molar-refractivity contribution in [2.75, 3.05) is 6.67 Å². The first-order valence-corrected chi connectivity index (χ1v) is 4.96. The number of aliphatic hydroxyl groups is 1. The summed E-state index contributed by atoms with van der Waals surface area (Å²) < 4.78 is 12.3. The lowest BCUT2D eigenvalue weighted by atomic mass is 10.1. The molecule has 0 heterocycles. The van der Waals surface area contributed by atoms with Gasteiger partial charge in [-0.25, -0.2) is 4.39 Å². The maximum absolute atomic E-state index is 12.3. The number of hydrogen-bond acceptors (Lipinski definition) is 4. The molecule has 2 amide bonds. The highest BCUT2D eigenvalue weighted by molar-refractivity contribution is 5.81. The molecular weight excluding hydrogens is 217 g/mol. The van der Waals surface area contributed by atoms with Crippen LogP contribution in [0.5, 0.6) is 0 Å². The van der Waals surface area contributed by atoms with Crippen molar-refractivity contribution < 1.29 is 19.1 Å². The number of nitrogens with two attached hydrogens (primary N) is 2. The van der Waals surface area contributed by atoms with Crippen LogP contribution in [0.4, 0.5) is 4.39 Å². The first kappa shape index (κ1) is 14.8. The maximum Gasteiger partial charge on any atom is 0.236 e. The molecule has 0 saturated heterocycles. The predicted molar refractivity (Wildman–Crippen MR) is 56.0 cm³/mol. The van der Waals surface area contributed by atoms with E-state index < -0.39 is 36.7 Å². The monoisotopic (exact) mass is 235 g/mol. The molecule has 0 aromatic heterocycles. The van der Waals surface area contributed by atoms with E-state index in [1.165, 1.54) is 6.92 Å². The van der Waals surface area contributed by atoms with E-state index >= 15 is 0 Å². The molecule has 0 aromatic carbocycles. The number of amides is 2. The zero-order chi connectivity index (χ0) is 12.7. The Morgan fingerprint density at radius 3 is 2.44 bits per heavy atom. The molecule has 2 unspecified atom stereocenters. The van der Waals surface area contributed by atoms with Gasteiger partial charge in [0.25, 0.3) is 0 Å². The van der Waals surface area contributed by atoms with E-state index in [9.17, 15) is 19.1 Å². The SMILES string of the molecule is C[C@H](N)C(=O)NC(CCC(N)=O)C(O)CF. The van der Waals surface area contributed by atoms with Crippen LogP contribution >= 0.6 is 0 Å². The van der Waals surface area contributed by atoms with E-state index in [-0.39, 0.29) is 12.8 Å². The molecule has 0 fully saturated rings. The molecule has 0 aliphatic carbocycles. The fourth-order valence-corrected chi connectivity index (χ4v) is 1.08. The van der Waals surface area contributed by atoms with Crippen molar-refractivity contribution in [1.82, 2.24) is 5.32 Å². The number of carbonyl (C=O) groups is 2. The first-order valence-electron chi connectivity index (χ1n) is 4.96. The second-order valence-electron chi connectivity index (χ2n) is 3.63. The lowest BCUT2D eigenvalue weighted by Crippen LogP contribution is -2.49. The van der Waals surface area contributed by atoms with Gasteiger partial charge in [-0.15, -0.1) is 0 Å². The zero-order valence-corrected chi connectivity index (χ0v) is 9.15. The largest absolute Gasteiger partial charge is 0.388 e. The van der Waals surface area contributed by atoms with Gasteiger partial charge < -0.3 is 21.9 Å². The molecule has 0 saturated carbocycles. The molecule has 0 aromatic rings. The summed E-state index contributed by atoms with van der Waals surface area (Å²) in [6.07, 6.45) is -1.32. The molecule has 3 atom stereocenters. The quantitative estimate of drug-likeness (QED) is 0.425. The Kier molecular flexibility index (Phi) is 6.59. The lowest BCUT2D eigenvalue weighted by Gasteiger charge is -2.22. The van der Waals surface area contributed by atoms with Gasteiger partial charge in [0.1, 0.15) is 12.8 Å². The summed E-state index contributed by atoms with van der Waals surface area (Å²) in [5.74, 6) is -1.09. The number of rotatable bonds is 7. The van der Waals surface area contributed by atoms with E-state index in [0.29, 0.717) is 0 Å². The highest BCUT2D eigenvalue weighted by Crippen LogP contribution is 2.04. The van der Waals surface area contributed by atoms with E-state index in [4.69, 9.17) is 11.5 Å². The highest BCUT2D eigenvalue weighted by atomic mass is 19.1. The minimum atomic E-state index is -1.36. The van der Waals surface area contributed by atoms with Gasteiger partial charge in [0.2, 0.25) is 11.8 Å². The molecule has 0 rings (SSSR count). The van der Waals surface area contributed by atoms with Gasteiger partial charge in [-0.2, -0.15) is 0 Å². The van der Waals surface area contributed by atoms with Crippen molar-refractivity contribution in [1.29, 1.82) is 0 Å². The smallest absolute Gasteiger partial charge is 0.236 e. The minimum Gasteiger partial charge on any atom is -0.388 e. The van der Waals surface area contributed by atoms with E-state index in [1.54, 1.807) is 0 Å². The van der Waals surface area contributed by atoms with E-state index in [0.717, 1.165) is 0 Å². The number of primary amides is 1. The molecule has 0 radical (unpaired) electrons. The summed E-state index contributed by atoms with van der Waals surface area (Å²) >= 11 is 0. The number of aliphatic hydroxyl groups excluding tert-OH is 1. The lowest BCUT2D eigenvalue weighted by molar-refractivity contribution is -0.124. The number of halogens is 1. The molecule has 0 aliphatic rings. The average molecular weight is 235 g/mol. The van der Waals surface area contributed by atoms with Crippen LogP contribution in [0.1, 0.15) is 19.8 Å². The number of nitrogens with one attached hydrogen (secondary N) is 1. The van der Waals surface area contributed by atoms with Crippen molar-refractivity contribution in [2.45, 2.75) is 38.0 Å². The van der Waals surface area contributed by atoms with Crippen LogP contribution in [-0.2, 0) is 9.59 Å². The van der Waals surface area contributed by atoms with Gasteiger partial charge in [-0.3, -0.25) is 9.59 Å². The van der Waals surface area contributed by atoms with Crippen LogP contribution < -0.4 is 16.8 Å². The fraction of sp³-hybridized carbons (Fsp3) is 0.778. The summed E-state index contributed by atoms with van der Waals surface area (Å²) in [7, 11) is 0. The Morgan fingerprint density at radius 2 is 2.06 bits per heavy atom. The van der Waals surface area contributed by atoms with Gasteiger partial charge in [0.15, 0.2) is 0 Å². The van der Waals surface area contributed by atoms with E-state index in [2.05, 4.69) is 5.32 Å². The Hall–Kier alpha value is -1.21. The number of carbonyl (C=O) groups excluding carboxylic acids is 2. The van der Waals surface area contributed by atoms with Crippen molar-refractivity contribution in [3.63, 3.8) is 0 Å². The highest BCUT2D eigenvalue weighted by Gasteiger charge is 2.22. The third-order valence-corrected chi connectivity index (χ3v) is 2.07. The molecule has 0 bridgehead atoms. The molecule has 16 heavy (non-hydrogen) atoms. The molecule has 0 aliphatic heterocycles. The Labute approximate surface area is 93.2 Å². The molecule has 6 N–H and O–H groups in total. The van der Waals surface area contributed by atoms with Crippen LogP contribution in [0.2, 0.25) is 0 Å². The Morgan fingerprint density at radius 1 is 1.50 bits per heavy atom. The van der Waals surface area contributed by atoms with Gasteiger partial charge >= 0.3 is 0 Å². The molecule has 94 valence electrons. The van der Waals surface area contributed by atoms with Crippen LogP contribution in [0.15, 0.2) is 0 Å². The van der Waals surface area contributed by atoms with Crippen LogP contribution in [0.25, 0.3) is 0 Å². The van der Waals surface area contributed by atoms with E-state index in [1.807, 2.05) is 0 Å². The zero-order valence-electron chi connectivity index (χ0n) is 9.15. The first-order chi connectivity index (χ1) is 7.38. The van der Waals surface area contributed by atoms with Crippen molar-refractivity contribution >= 4 is 11.8 Å². The summed E-state index contributed by atoms with van der Waals surface area (Å²) in [5, 5.41) is 11.6. The van der Waals surface area contributed by atoms with Crippen molar-refractivity contribution in [2.24, 2.45) is 11.5 Å². The topological polar surface area (TPSA) is 118 Å². The maximum atomic E-state index is 12.3. The molecule has 6 nitrogen and oxygen atoms in total. The molecule has 0 spiro atoms. The minimum absolute atomic E-state index is 0.0407. The van der Waals surface area contributed by atoms with Crippen molar-refractivity contribution in [3.8, 4) is 0 Å². The predicted octanol–water partition coefficient (Wildman–Crippen LogP) is -1.59. The van der Waals surface area contributed by atoms with Gasteiger partial charge in [-0.05, 0) is 13.3 Å². The van der Waals surface area contributed by atoms with Gasteiger partial charge in [0, 0.05) is 6.42 Å². The summed E-state index contributed by atoms with van der Waals surface area (Å²) in [6.45, 7) is 0.449. The summed E-state index contributed by atoms with van der Waals surface area (Å²) in [5.41, 5.74) is 10.2.